The normalized spacial score (nSPS) is 12.3. The quantitative estimate of drug-likeness (QED) is 0.0462. The molecule has 9 nitrogen and oxygen atoms in total. The number of carbonyl (C=O) groups is 4. The molecule has 0 aliphatic heterocycles. The third kappa shape index (κ3) is 12.8. The molecule has 0 saturated heterocycles. The van der Waals surface area contributed by atoms with Crippen molar-refractivity contribution in [2.75, 3.05) is 17.6 Å². The molecule has 1 aromatic heterocycles. The lowest BCUT2D eigenvalue weighted by atomic mass is 9.99. The monoisotopic (exact) mass is 782 g/mol. The van der Waals surface area contributed by atoms with Crippen molar-refractivity contribution in [1.29, 1.82) is 0 Å². The summed E-state index contributed by atoms with van der Waals surface area (Å²) in [7, 11) is 0. The average molecular weight is 783 g/mol. The van der Waals surface area contributed by atoms with E-state index in [4.69, 9.17) is 0 Å². The molecule has 5 aromatic rings. The third-order valence-electron chi connectivity index (χ3n) is 8.63. The first kappa shape index (κ1) is 41.2. The minimum Gasteiger partial charge on any atom is -0.386 e. The second kappa shape index (κ2) is 20.7. The summed E-state index contributed by atoms with van der Waals surface area (Å²) in [6.07, 6.45) is -3.21. The van der Waals surface area contributed by atoms with E-state index in [1.807, 2.05) is 109 Å². The van der Waals surface area contributed by atoms with Gasteiger partial charge in [0.15, 0.2) is 0 Å². The molecule has 0 aliphatic rings. The van der Waals surface area contributed by atoms with Gasteiger partial charge >= 0.3 is 18.1 Å². The number of aromatic nitrogens is 1. The zero-order valence-corrected chi connectivity index (χ0v) is 31.1. The van der Waals surface area contributed by atoms with E-state index in [1.165, 1.54) is 11.8 Å². The minimum absolute atomic E-state index is 0.101. The Bertz CT molecular complexity index is 1970. The first-order chi connectivity index (χ1) is 27.1. The van der Waals surface area contributed by atoms with Crippen molar-refractivity contribution in [3.8, 4) is 11.1 Å². The standard InChI is InChI=1S/C43H41F3N4O5S/c44-43(45,46)42(54)55-39(52)28-35(32-24-22-31(23-25-32)30-14-4-1-5-15-30)50-41(53)36(49-38(51)21-11-13-27-48-37-20-10-12-26-47-37)29-56-40(33-16-6-2-7-17-33)34-18-8-3-9-19-34/h1-10,12,14-20,22-26,35-36,40H,11,13,21,27-29H2,(H,47,48)(H,49,51)(H,50,53)/t35?,36-/m1/s1. The number of nitrogens with one attached hydrogen (secondary N) is 3. The number of hydrogen-bond donors (Lipinski definition) is 3. The lowest BCUT2D eigenvalue weighted by Crippen LogP contribution is -2.49. The summed E-state index contributed by atoms with van der Waals surface area (Å²) in [4.78, 5) is 56.0. The zero-order chi connectivity index (χ0) is 39.8. The van der Waals surface area contributed by atoms with Crippen molar-refractivity contribution in [1.82, 2.24) is 15.6 Å². The number of unbranched alkanes of at least 4 members (excludes halogenated alkanes) is 1. The number of hydrogen-bond acceptors (Lipinski definition) is 8. The highest BCUT2D eigenvalue weighted by Crippen LogP contribution is 2.36. The number of nitrogens with zero attached hydrogens (tertiary/aromatic N) is 1. The van der Waals surface area contributed by atoms with Gasteiger partial charge in [-0.2, -0.15) is 13.2 Å². The molecule has 3 N–H and O–H groups in total. The predicted molar refractivity (Wildman–Crippen MR) is 210 cm³/mol. The average Bonchev–Trinajstić information content (AvgIpc) is 3.21. The van der Waals surface area contributed by atoms with Crippen molar-refractivity contribution >= 4 is 41.3 Å². The molecule has 0 fully saturated rings. The van der Waals surface area contributed by atoms with E-state index in [0.717, 1.165) is 22.3 Å². The summed E-state index contributed by atoms with van der Waals surface area (Å²) in [6.45, 7) is 0.581. The van der Waals surface area contributed by atoms with Crippen LogP contribution in [0.2, 0.25) is 0 Å². The lowest BCUT2D eigenvalue weighted by molar-refractivity contribution is -0.202. The van der Waals surface area contributed by atoms with Crippen LogP contribution in [0, 0.1) is 0 Å². The summed E-state index contributed by atoms with van der Waals surface area (Å²) in [5.41, 5.74) is 4.04. The number of alkyl halides is 3. The zero-order valence-electron chi connectivity index (χ0n) is 30.3. The van der Waals surface area contributed by atoms with Gasteiger partial charge in [-0.3, -0.25) is 14.4 Å². The Labute approximate surface area is 327 Å². The summed E-state index contributed by atoms with van der Waals surface area (Å²) in [5, 5.41) is 8.59. The van der Waals surface area contributed by atoms with Crippen LogP contribution in [-0.4, -0.2) is 53.3 Å². The second-order valence-corrected chi connectivity index (χ2v) is 13.9. The van der Waals surface area contributed by atoms with Crippen LogP contribution in [0.5, 0.6) is 0 Å². The molecule has 290 valence electrons. The molecule has 5 rings (SSSR count). The van der Waals surface area contributed by atoms with Gasteiger partial charge in [0.05, 0.1) is 17.7 Å². The first-order valence-corrected chi connectivity index (χ1v) is 19.0. The number of rotatable bonds is 18. The molecule has 0 aliphatic carbocycles. The fourth-order valence-electron chi connectivity index (χ4n) is 5.81. The largest absolute Gasteiger partial charge is 0.491 e. The molecule has 0 spiro atoms. The van der Waals surface area contributed by atoms with Gasteiger partial charge in [-0.25, -0.2) is 9.78 Å². The molecule has 4 aromatic carbocycles. The van der Waals surface area contributed by atoms with Crippen LogP contribution in [-0.2, 0) is 23.9 Å². The van der Waals surface area contributed by atoms with Crippen molar-refractivity contribution in [3.63, 3.8) is 0 Å². The van der Waals surface area contributed by atoms with E-state index in [1.54, 1.807) is 30.5 Å². The third-order valence-corrected chi connectivity index (χ3v) is 10.0. The van der Waals surface area contributed by atoms with Crippen molar-refractivity contribution in [2.45, 2.75) is 49.2 Å². The van der Waals surface area contributed by atoms with Crippen LogP contribution in [0.15, 0.2) is 140 Å². The van der Waals surface area contributed by atoms with E-state index in [9.17, 15) is 32.3 Å². The number of amides is 2. The number of anilines is 1. The Morgan fingerprint density at radius 2 is 1.27 bits per heavy atom. The Hall–Kier alpha value is -5.95. The fraction of sp³-hybridized carbons (Fsp3) is 0.233. The van der Waals surface area contributed by atoms with Gasteiger partial charge in [-0.1, -0.05) is 121 Å². The molecular weight excluding hydrogens is 742 g/mol. The van der Waals surface area contributed by atoms with Crippen LogP contribution in [0.1, 0.15) is 53.7 Å². The molecule has 2 atom stereocenters. The van der Waals surface area contributed by atoms with Gasteiger partial charge in [0, 0.05) is 24.9 Å². The predicted octanol–water partition coefficient (Wildman–Crippen LogP) is 8.22. The van der Waals surface area contributed by atoms with Crippen LogP contribution in [0.25, 0.3) is 11.1 Å². The highest BCUT2D eigenvalue weighted by Gasteiger charge is 2.42. The molecule has 0 saturated carbocycles. The Morgan fingerprint density at radius 3 is 1.86 bits per heavy atom. The second-order valence-electron chi connectivity index (χ2n) is 12.8. The first-order valence-electron chi connectivity index (χ1n) is 18.0. The fourth-order valence-corrected chi connectivity index (χ4v) is 7.13. The van der Waals surface area contributed by atoms with Crippen molar-refractivity contribution in [2.24, 2.45) is 0 Å². The maximum Gasteiger partial charge on any atom is 0.491 e. The molecule has 0 bridgehead atoms. The summed E-state index contributed by atoms with van der Waals surface area (Å²) in [5.74, 6) is -4.37. The van der Waals surface area contributed by atoms with Gasteiger partial charge in [-0.15, -0.1) is 11.8 Å². The van der Waals surface area contributed by atoms with Crippen LogP contribution in [0.4, 0.5) is 19.0 Å². The van der Waals surface area contributed by atoms with E-state index in [0.29, 0.717) is 30.8 Å². The summed E-state index contributed by atoms with van der Waals surface area (Å²) >= 11 is 1.43. The number of pyridine rings is 1. The minimum atomic E-state index is -5.39. The molecule has 1 unspecified atom stereocenters. The molecule has 56 heavy (non-hydrogen) atoms. The van der Waals surface area contributed by atoms with Gasteiger partial charge in [0.25, 0.3) is 0 Å². The van der Waals surface area contributed by atoms with E-state index >= 15 is 0 Å². The maximum atomic E-state index is 14.2. The number of benzene rings is 4. The number of carbonyl (C=O) groups excluding carboxylic acids is 4. The number of ether oxygens (including phenoxy) is 1. The highest BCUT2D eigenvalue weighted by atomic mass is 32.2. The Kier molecular flexibility index (Phi) is 15.2. The topological polar surface area (TPSA) is 126 Å². The molecule has 0 radical (unpaired) electrons. The number of esters is 2. The molecule has 2 amide bonds. The number of halogens is 3. The van der Waals surface area contributed by atoms with Crippen LogP contribution < -0.4 is 16.0 Å². The SMILES string of the molecule is O=C(CCCCNc1ccccn1)N[C@H](CSC(c1ccccc1)c1ccccc1)C(=O)NC(CC(=O)OC(=O)C(F)(F)F)c1ccc(-c2ccccc2)cc1. The van der Waals surface area contributed by atoms with Crippen LogP contribution in [0.3, 0.4) is 0 Å². The highest BCUT2D eigenvalue weighted by molar-refractivity contribution is 7.99. The molecule has 13 heteroatoms. The van der Waals surface area contributed by atoms with E-state index in [-0.39, 0.29) is 23.3 Å². The van der Waals surface area contributed by atoms with Gasteiger partial charge in [0.2, 0.25) is 11.8 Å². The summed E-state index contributed by atoms with van der Waals surface area (Å²) in [6, 6.07) is 38.7. The molecular formula is C43H41F3N4O5S. The van der Waals surface area contributed by atoms with Gasteiger partial charge in [0.1, 0.15) is 11.9 Å². The maximum absolute atomic E-state index is 14.2. The van der Waals surface area contributed by atoms with Crippen LogP contribution >= 0.6 is 11.8 Å². The molecule has 1 heterocycles. The Balaban J connectivity index is 1.35. The Morgan fingerprint density at radius 1 is 0.679 bits per heavy atom. The number of thioether (sulfide) groups is 1. The van der Waals surface area contributed by atoms with E-state index < -0.39 is 42.5 Å². The van der Waals surface area contributed by atoms with Crippen molar-refractivity contribution < 1.29 is 37.1 Å². The lowest BCUT2D eigenvalue weighted by Gasteiger charge is -2.25. The van der Waals surface area contributed by atoms with Gasteiger partial charge in [-0.05, 0) is 52.8 Å². The van der Waals surface area contributed by atoms with Crippen molar-refractivity contribution in [3.05, 3.63) is 156 Å². The summed E-state index contributed by atoms with van der Waals surface area (Å²) < 4.78 is 43.0. The van der Waals surface area contributed by atoms with Gasteiger partial charge < -0.3 is 20.7 Å². The van der Waals surface area contributed by atoms with E-state index in [2.05, 4.69) is 25.7 Å². The smallest absolute Gasteiger partial charge is 0.386 e.